The van der Waals surface area contributed by atoms with Crippen molar-refractivity contribution < 1.29 is 8.42 Å². The Labute approximate surface area is 113 Å². The molecule has 0 aliphatic rings. The molecule has 19 heavy (non-hydrogen) atoms. The third-order valence-electron chi connectivity index (χ3n) is 3.10. The summed E-state index contributed by atoms with van der Waals surface area (Å²) < 4.78 is 27.2. The molecular formula is C14H18N2O2S. The van der Waals surface area contributed by atoms with E-state index in [-0.39, 0.29) is 12.6 Å². The van der Waals surface area contributed by atoms with Crippen molar-refractivity contribution in [3.8, 4) is 0 Å². The van der Waals surface area contributed by atoms with Crippen molar-refractivity contribution in [2.75, 3.05) is 6.54 Å². The number of sulfonamides is 1. The van der Waals surface area contributed by atoms with E-state index in [1.54, 1.807) is 12.1 Å². The van der Waals surface area contributed by atoms with Crippen molar-refractivity contribution in [2.24, 2.45) is 5.73 Å². The van der Waals surface area contributed by atoms with Gasteiger partial charge in [-0.25, -0.2) is 13.1 Å². The van der Waals surface area contributed by atoms with Gasteiger partial charge in [0.05, 0.1) is 4.90 Å². The first-order valence-electron chi connectivity index (χ1n) is 6.27. The molecule has 102 valence electrons. The Morgan fingerprint density at radius 1 is 1.16 bits per heavy atom. The van der Waals surface area contributed by atoms with E-state index in [0.717, 1.165) is 17.2 Å². The molecule has 0 fully saturated rings. The van der Waals surface area contributed by atoms with Gasteiger partial charge in [-0.05, 0) is 17.9 Å². The highest BCUT2D eigenvalue weighted by Gasteiger charge is 2.17. The van der Waals surface area contributed by atoms with Gasteiger partial charge in [0.25, 0.3) is 0 Å². The van der Waals surface area contributed by atoms with Gasteiger partial charge in [-0.2, -0.15) is 0 Å². The highest BCUT2D eigenvalue weighted by atomic mass is 32.2. The summed E-state index contributed by atoms with van der Waals surface area (Å²) >= 11 is 0. The van der Waals surface area contributed by atoms with Crippen LogP contribution < -0.4 is 10.5 Å². The van der Waals surface area contributed by atoms with Crippen LogP contribution in [0.4, 0.5) is 0 Å². The minimum Gasteiger partial charge on any atom is -0.327 e. The van der Waals surface area contributed by atoms with Crippen LogP contribution in [-0.2, 0) is 10.0 Å². The standard InChI is InChI=1S/C14H18N2O2S/c1-2-12(15)10-16-19(17,18)14-9-5-7-11-6-3-4-8-13(11)14/h3-9,12,16H,2,10,15H2,1H3/t12-/m1/s1. The van der Waals surface area contributed by atoms with E-state index >= 15 is 0 Å². The summed E-state index contributed by atoms with van der Waals surface area (Å²) in [5.41, 5.74) is 5.74. The quantitative estimate of drug-likeness (QED) is 0.876. The molecule has 0 amide bonds. The van der Waals surface area contributed by atoms with E-state index in [1.807, 2.05) is 37.3 Å². The Bertz CT molecular complexity index is 663. The molecule has 0 saturated carbocycles. The molecule has 5 heteroatoms. The average molecular weight is 278 g/mol. The number of hydrogen-bond donors (Lipinski definition) is 2. The Morgan fingerprint density at radius 3 is 2.58 bits per heavy atom. The summed E-state index contributed by atoms with van der Waals surface area (Å²) in [6.07, 6.45) is 0.734. The van der Waals surface area contributed by atoms with Gasteiger partial charge in [-0.1, -0.05) is 43.3 Å². The second-order valence-corrected chi connectivity index (χ2v) is 6.23. The van der Waals surface area contributed by atoms with E-state index in [9.17, 15) is 8.42 Å². The van der Waals surface area contributed by atoms with Gasteiger partial charge in [0.15, 0.2) is 0 Å². The first kappa shape index (κ1) is 14.0. The van der Waals surface area contributed by atoms with Gasteiger partial charge < -0.3 is 5.73 Å². The SMILES string of the molecule is CC[C@@H](N)CNS(=O)(=O)c1cccc2ccccc12. The molecule has 0 spiro atoms. The summed E-state index contributed by atoms with van der Waals surface area (Å²) in [6, 6.07) is 12.5. The molecule has 4 nitrogen and oxygen atoms in total. The van der Waals surface area contributed by atoms with E-state index < -0.39 is 10.0 Å². The van der Waals surface area contributed by atoms with Gasteiger partial charge in [-0.15, -0.1) is 0 Å². The van der Waals surface area contributed by atoms with E-state index in [2.05, 4.69) is 4.72 Å². The number of benzene rings is 2. The molecule has 3 N–H and O–H groups in total. The first-order valence-corrected chi connectivity index (χ1v) is 7.76. The number of nitrogens with one attached hydrogen (secondary N) is 1. The van der Waals surface area contributed by atoms with Crippen molar-refractivity contribution in [2.45, 2.75) is 24.3 Å². The third-order valence-corrected chi connectivity index (χ3v) is 4.58. The predicted octanol–water partition coefficient (Wildman–Crippen LogP) is 1.86. The lowest BCUT2D eigenvalue weighted by atomic mass is 10.1. The molecule has 0 bridgehead atoms. The summed E-state index contributed by atoms with van der Waals surface area (Å²) in [6.45, 7) is 2.18. The van der Waals surface area contributed by atoms with Crippen molar-refractivity contribution in [1.29, 1.82) is 0 Å². The van der Waals surface area contributed by atoms with Crippen LogP contribution in [0.5, 0.6) is 0 Å². The van der Waals surface area contributed by atoms with Gasteiger partial charge in [0, 0.05) is 18.0 Å². The van der Waals surface area contributed by atoms with Crippen LogP contribution in [0.1, 0.15) is 13.3 Å². The molecule has 0 heterocycles. The fourth-order valence-electron chi connectivity index (χ4n) is 1.87. The Kier molecular flexibility index (Phi) is 4.19. The summed E-state index contributed by atoms with van der Waals surface area (Å²) in [5.74, 6) is 0. The van der Waals surface area contributed by atoms with Crippen LogP contribution in [0.25, 0.3) is 10.8 Å². The summed E-state index contributed by atoms with van der Waals surface area (Å²) in [4.78, 5) is 0.300. The van der Waals surface area contributed by atoms with Gasteiger partial charge >= 0.3 is 0 Å². The monoisotopic (exact) mass is 278 g/mol. The van der Waals surface area contributed by atoms with Crippen molar-refractivity contribution in [3.05, 3.63) is 42.5 Å². The number of rotatable bonds is 5. The first-order chi connectivity index (χ1) is 9.04. The van der Waals surface area contributed by atoms with Crippen molar-refractivity contribution in [3.63, 3.8) is 0 Å². The number of hydrogen-bond acceptors (Lipinski definition) is 3. The Morgan fingerprint density at radius 2 is 1.84 bits per heavy atom. The van der Waals surface area contributed by atoms with Crippen LogP contribution in [-0.4, -0.2) is 21.0 Å². The highest BCUT2D eigenvalue weighted by molar-refractivity contribution is 7.89. The van der Waals surface area contributed by atoms with E-state index in [1.165, 1.54) is 0 Å². The molecule has 0 radical (unpaired) electrons. The van der Waals surface area contributed by atoms with Gasteiger partial charge in [-0.3, -0.25) is 0 Å². The number of nitrogens with two attached hydrogens (primary N) is 1. The predicted molar refractivity (Wildman–Crippen MR) is 77.4 cm³/mol. The molecular weight excluding hydrogens is 260 g/mol. The molecule has 0 aromatic heterocycles. The lowest BCUT2D eigenvalue weighted by Crippen LogP contribution is -2.36. The summed E-state index contributed by atoms with van der Waals surface area (Å²) in [7, 11) is -3.52. The maximum absolute atomic E-state index is 12.3. The fourth-order valence-corrected chi connectivity index (χ4v) is 3.19. The van der Waals surface area contributed by atoms with Crippen LogP contribution in [0.2, 0.25) is 0 Å². The molecule has 1 atom stereocenters. The minimum atomic E-state index is -3.52. The zero-order valence-corrected chi connectivity index (χ0v) is 11.7. The van der Waals surface area contributed by atoms with Crippen LogP contribution in [0.15, 0.2) is 47.4 Å². The molecule has 0 saturated heterocycles. The molecule has 2 rings (SSSR count). The lowest BCUT2D eigenvalue weighted by molar-refractivity contribution is 0.564. The number of fused-ring (bicyclic) bond motifs is 1. The van der Waals surface area contributed by atoms with E-state index in [0.29, 0.717) is 4.90 Å². The van der Waals surface area contributed by atoms with Crippen LogP contribution in [0, 0.1) is 0 Å². The molecule has 2 aromatic carbocycles. The molecule has 0 aliphatic carbocycles. The zero-order chi connectivity index (χ0) is 13.9. The Balaban J connectivity index is 2.38. The maximum Gasteiger partial charge on any atom is 0.241 e. The normalized spacial score (nSPS) is 13.6. The fraction of sp³-hybridized carbons (Fsp3) is 0.286. The minimum absolute atomic E-state index is 0.162. The van der Waals surface area contributed by atoms with Crippen LogP contribution in [0.3, 0.4) is 0 Å². The zero-order valence-electron chi connectivity index (χ0n) is 10.8. The molecule has 2 aromatic rings. The second kappa shape index (κ2) is 5.69. The van der Waals surface area contributed by atoms with Crippen molar-refractivity contribution >= 4 is 20.8 Å². The summed E-state index contributed by atoms with van der Waals surface area (Å²) in [5, 5.41) is 1.63. The second-order valence-electron chi connectivity index (χ2n) is 4.50. The van der Waals surface area contributed by atoms with Gasteiger partial charge in [0.2, 0.25) is 10.0 Å². The highest BCUT2D eigenvalue weighted by Crippen LogP contribution is 2.22. The average Bonchev–Trinajstić information content (AvgIpc) is 2.44. The lowest BCUT2D eigenvalue weighted by Gasteiger charge is -2.12. The van der Waals surface area contributed by atoms with Crippen LogP contribution >= 0.6 is 0 Å². The third kappa shape index (κ3) is 3.12. The maximum atomic E-state index is 12.3. The topological polar surface area (TPSA) is 72.2 Å². The molecule has 0 unspecified atom stereocenters. The smallest absolute Gasteiger partial charge is 0.241 e. The molecule has 0 aliphatic heterocycles. The van der Waals surface area contributed by atoms with E-state index in [4.69, 9.17) is 5.73 Å². The largest absolute Gasteiger partial charge is 0.327 e. The van der Waals surface area contributed by atoms with Crippen molar-refractivity contribution in [1.82, 2.24) is 4.72 Å². The Hall–Kier alpha value is -1.43. The van der Waals surface area contributed by atoms with Gasteiger partial charge in [0.1, 0.15) is 0 Å².